The third-order valence-electron chi connectivity index (χ3n) is 1.91. The first-order valence-electron chi connectivity index (χ1n) is 25.1. The van der Waals surface area contributed by atoms with Gasteiger partial charge in [-0.25, -0.2) is 38.5 Å². The van der Waals surface area contributed by atoms with Gasteiger partial charge in [-0.3, -0.25) is 12.2 Å². The molecule has 0 aliphatic carbocycles. The zero-order valence-corrected chi connectivity index (χ0v) is 83.0. The molecule has 0 unspecified atom stereocenters. The van der Waals surface area contributed by atoms with Gasteiger partial charge in [0, 0.05) is 262 Å². The molecule has 0 bridgehead atoms. The summed E-state index contributed by atoms with van der Waals surface area (Å²) < 4.78 is 0. The molecule has 0 N–H and O–H groups in total. The maximum atomic E-state index is 4.97. The van der Waals surface area contributed by atoms with Crippen molar-refractivity contribution in [1.82, 2.24) is 0 Å². The summed E-state index contributed by atoms with van der Waals surface area (Å²) in [5.41, 5.74) is 0. The molecule has 0 fully saturated rings. The summed E-state index contributed by atoms with van der Waals surface area (Å²) in [5.74, 6) is 6.67. The Kier molecular flexibility index (Phi) is 499. The Morgan fingerprint density at radius 3 is 0.403 bits per heavy atom. The van der Waals surface area contributed by atoms with Crippen LogP contribution in [0.3, 0.4) is 0 Å². The van der Waals surface area contributed by atoms with Crippen LogP contribution in [0.15, 0.2) is 60.8 Å². The predicted octanol–water partition coefficient (Wildman–Crippen LogP) is 24.5. The minimum atomic E-state index is 0. The summed E-state index contributed by atoms with van der Waals surface area (Å²) in [4.78, 5) is 0. The van der Waals surface area contributed by atoms with E-state index in [4.69, 9.17) is 32.9 Å². The van der Waals surface area contributed by atoms with E-state index in [-0.39, 0.29) is 290 Å². The van der Waals surface area contributed by atoms with Crippen LogP contribution in [0.5, 0.6) is 0 Å². The molecule has 454 valence electrons. The molecule has 0 heterocycles. The van der Waals surface area contributed by atoms with Crippen LogP contribution in [0, 0.1) is 163 Å². The molecule has 0 saturated carbocycles. The van der Waals surface area contributed by atoms with Crippen molar-refractivity contribution >= 4 is 0 Å². The molecule has 9 heteroatoms. The smallest absolute Gasteiger partial charge is 0.549 e. The largest absolute Gasteiger partial charge is 2.00 e. The average molecular weight is 1850 g/mol. The second kappa shape index (κ2) is 223. The standard InChI is InChI=1S/C6H10.2C5H8.8C4H10.4C4H6.C3H4.CH3.W.8Y/c1-3-5-6-4-2;2*1-3-5-4-2;8*1-4(2)3;4*1-3-4-2;1-3-2;;;;;;;;;;/h3,5H,1-2,4,6H2;3,5H,1-2,4H2;1,3H,2,4-5H2;8*4H,1-3H3;4*1,3H,2,4H2;1,3H,2H2;1H3;;;;;;;;;/q3*-2;;;;;;;;;5*-2;-1;+2;;;;;;;;. The Hall–Kier alpha value is 7.05. The topological polar surface area (TPSA) is 0 Å². The molecule has 0 aromatic carbocycles. The first-order chi connectivity index (χ1) is 30.7. The molecule has 0 aromatic rings. The molecule has 77 heavy (non-hydrogen) atoms. The molecule has 0 aliphatic rings. The Balaban J connectivity index is -0.0000000149. The molecule has 0 rings (SSSR count). The van der Waals surface area contributed by atoms with E-state index in [9.17, 15) is 0 Å². The number of unbranched alkanes of at least 4 members (excludes halogenated alkanes) is 2. The van der Waals surface area contributed by atoms with Crippen molar-refractivity contribution in [1.29, 1.82) is 0 Å². The van der Waals surface area contributed by atoms with Gasteiger partial charge in [0.2, 0.25) is 0 Å². The molecule has 0 aromatic heterocycles. The number of allylic oxidation sites excluding steroid dienone is 10. The monoisotopic (exact) mass is 1850 g/mol. The molecule has 0 atom stereocenters. The van der Waals surface area contributed by atoms with E-state index in [0.717, 1.165) is 105 Å². The first-order valence-corrected chi connectivity index (χ1v) is 25.1. The molecule has 8 radical (unpaired) electrons. The van der Waals surface area contributed by atoms with Crippen LogP contribution in [0.4, 0.5) is 0 Å². The van der Waals surface area contributed by atoms with Crippen LogP contribution >= 0.6 is 0 Å². The van der Waals surface area contributed by atoms with Crippen molar-refractivity contribution in [3.8, 4) is 0 Å². The van der Waals surface area contributed by atoms with Gasteiger partial charge in [0.15, 0.2) is 0 Å². The third kappa shape index (κ3) is 1670. The van der Waals surface area contributed by atoms with E-state index >= 15 is 0 Å². The van der Waals surface area contributed by atoms with E-state index in [1.54, 1.807) is 18.2 Å². The van der Waals surface area contributed by atoms with Gasteiger partial charge in [0.05, 0.1) is 0 Å². The second-order valence-electron chi connectivity index (χ2n) is 18.9. The molecular weight excluding hydrogens is 1710 g/mol. The Labute approximate surface area is 717 Å². The fourth-order valence-corrected chi connectivity index (χ4v) is 0.471. The van der Waals surface area contributed by atoms with Gasteiger partial charge in [-0.2, -0.15) is 38.5 Å². The van der Waals surface area contributed by atoms with Gasteiger partial charge in [-0.1, -0.05) is 173 Å². The van der Waals surface area contributed by atoms with E-state index in [2.05, 4.69) is 242 Å². The van der Waals surface area contributed by atoms with Gasteiger partial charge in [0.1, 0.15) is 0 Å². The van der Waals surface area contributed by atoms with E-state index in [0.29, 0.717) is 0 Å². The molecule has 0 nitrogen and oxygen atoms in total. The summed E-state index contributed by atoms with van der Waals surface area (Å²) in [6.45, 7) is 116. The van der Waals surface area contributed by atoms with Gasteiger partial charge < -0.3 is 133 Å². The van der Waals surface area contributed by atoms with Crippen LogP contribution in [-0.4, -0.2) is 0 Å². The van der Waals surface area contributed by atoms with Crippen LogP contribution < -0.4 is 0 Å². The van der Waals surface area contributed by atoms with Crippen LogP contribution in [0.2, 0.25) is 0 Å². The van der Waals surface area contributed by atoms with Crippen molar-refractivity contribution in [2.24, 2.45) is 47.3 Å². The van der Waals surface area contributed by atoms with Crippen molar-refractivity contribution in [3.05, 3.63) is 177 Å². The fraction of sp³-hybridized carbons (Fsp3) is 0.603. The summed E-state index contributed by atoms with van der Waals surface area (Å²) in [7, 11) is 0. The van der Waals surface area contributed by atoms with Gasteiger partial charge in [0.25, 0.3) is 0 Å². The van der Waals surface area contributed by atoms with Crippen LogP contribution in [-0.2, 0) is 283 Å². The average Bonchev–Trinajstić information content (AvgIpc) is 3.17. The fourth-order valence-electron chi connectivity index (χ4n) is 0.471. The quantitative estimate of drug-likeness (QED) is 0.202. The van der Waals surface area contributed by atoms with Gasteiger partial charge in [-0.15, -0.1) is 6.42 Å². The van der Waals surface area contributed by atoms with E-state index in [1.807, 2.05) is 12.2 Å². The molecule has 0 spiro atoms. The van der Waals surface area contributed by atoms with Crippen LogP contribution in [0.25, 0.3) is 0 Å². The normalized spacial score (nSPS) is 7.10. The van der Waals surface area contributed by atoms with Crippen molar-refractivity contribution in [2.75, 3.05) is 0 Å². The molecule has 0 saturated heterocycles. The minimum Gasteiger partial charge on any atom is -0.549 e. The number of hydrogen-bond acceptors (Lipinski definition) is 0. The van der Waals surface area contributed by atoms with Crippen molar-refractivity contribution in [3.63, 3.8) is 0 Å². The Morgan fingerprint density at radius 2 is 0.390 bits per heavy atom. The van der Waals surface area contributed by atoms with Crippen molar-refractivity contribution < 1.29 is 283 Å². The summed E-state index contributed by atoms with van der Waals surface area (Å²) in [6, 6.07) is 0. The van der Waals surface area contributed by atoms with Crippen molar-refractivity contribution in [2.45, 2.75) is 224 Å². The van der Waals surface area contributed by atoms with E-state index in [1.165, 1.54) is 30.4 Å². The second-order valence-corrected chi connectivity index (χ2v) is 18.9. The molecule has 0 amide bonds. The predicted molar refractivity (Wildman–Crippen MR) is 337 cm³/mol. The maximum Gasteiger partial charge on any atom is 2.00 e. The summed E-state index contributed by atoms with van der Waals surface area (Å²) in [5, 5.41) is 0. The van der Waals surface area contributed by atoms with Gasteiger partial charge >= 0.3 is 21.1 Å². The Morgan fingerprint density at radius 1 is 0.273 bits per heavy atom. The first kappa shape index (κ1) is 172. The molecule has 0 aliphatic heterocycles. The minimum absolute atomic E-state index is 0. The van der Waals surface area contributed by atoms with Gasteiger partial charge in [-0.05, 0) is 47.3 Å². The zero-order valence-electron chi connectivity index (χ0n) is 57.3. The third-order valence-corrected chi connectivity index (χ3v) is 1.91. The van der Waals surface area contributed by atoms with E-state index < -0.39 is 0 Å². The summed E-state index contributed by atoms with van der Waals surface area (Å²) in [6.07, 6.45) is 24.0. The Bertz CT molecular complexity index is 606. The SMILES string of the molecule is CC(C)C.CC(C)C.CC(C)C.CC(C)C.CC(C)C.CC(C)C.CC(C)C.CC(C)C.[CH-]=CCC[CH2-].[CH-]=CC[CH2-].[CH-]=CC[CH2-].[CH-]=CC[CH2-].[CH-]=CC[CH2-].[CH-]=C[CH2-].[CH2-]C=CCC[CH2-].[CH2-]C=CC[CH2-].[CH3-].[W+2].[Y].[Y].[Y].[Y].[Y].[Y].[Y].[Y]. The molecular formula is C68H137WY8-15. The zero-order chi connectivity index (χ0) is 58.1. The van der Waals surface area contributed by atoms with Crippen LogP contribution in [0.1, 0.15) is 224 Å². The maximum absolute atomic E-state index is 4.97. The summed E-state index contributed by atoms with van der Waals surface area (Å²) >= 11 is 0. The number of hydrogen-bond donors (Lipinski definition) is 0. The number of rotatable bonds is 9.